The van der Waals surface area contributed by atoms with Gasteiger partial charge in [0.2, 0.25) is 0 Å². The molecule has 1 aromatic rings. The molecule has 1 rings (SSSR count). The number of benzene rings is 1. The van der Waals surface area contributed by atoms with E-state index in [2.05, 4.69) is 0 Å². The summed E-state index contributed by atoms with van der Waals surface area (Å²) in [6.45, 7) is 0.406. The molecule has 0 aliphatic carbocycles. The van der Waals surface area contributed by atoms with E-state index in [9.17, 15) is 9.90 Å². The predicted molar refractivity (Wildman–Crippen MR) is 59.0 cm³/mol. The molecule has 0 aromatic heterocycles. The van der Waals surface area contributed by atoms with E-state index >= 15 is 0 Å². The molecule has 2 N–H and O–H groups in total. The highest BCUT2D eigenvalue weighted by Gasteiger charge is 2.07. The van der Waals surface area contributed by atoms with Gasteiger partial charge in [0.1, 0.15) is 0 Å². The first-order valence-electron chi connectivity index (χ1n) is 4.84. The topological polar surface area (TPSA) is 70.0 Å². The number of hydrogen-bond donors (Lipinski definition) is 2. The summed E-state index contributed by atoms with van der Waals surface area (Å²) in [4.78, 5) is 11.8. The van der Waals surface area contributed by atoms with Gasteiger partial charge >= 0.3 is 6.09 Å². The molecule has 1 aromatic carbocycles. The fourth-order valence-electron chi connectivity index (χ4n) is 1.27. The SMILES string of the molecule is COc1cc(CCN(C)C(=O)O)ccc1O. The van der Waals surface area contributed by atoms with Crippen LogP contribution in [0.3, 0.4) is 0 Å². The van der Waals surface area contributed by atoms with Gasteiger partial charge in [0.25, 0.3) is 0 Å². The number of phenols is 1. The molecule has 0 aliphatic rings. The monoisotopic (exact) mass is 225 g/mol. The average molecular weight is 225 g/mol. The minimum absolute atomic E-state index is 0.0813. The van der Waals surface area contributed by atoms with Crippen molar-refractivity contribution < 1.29 is 19.7 Å². The number of aromatic hydroxyl groups is 1. The fraction of sp³-hybridized carbons (Fsp3) is 0.364. The summed E-state index contributed by atoms with van der Waals surface area (Å²) in [6.07, 6.45) is -0.370. The molecule has 0 aliphatic heterocycles. The van der Waals surface area contributed by atoms with Gasteiger partial charge in [-0.1, -0.05) is 6.07 Å². The van der Waals surface area contributed by atoms with Crippen molar-refractivity contribution in [2.75, 3.05) is 20.7 Å². The second-order valence-corrected chi connectivity index (χ2v) is 3.46. The number of carbonyl (C=O) groups is 1. The Morgan fingerprint density at radius 1 is 1.50 bits per heavy atom. The van der Waals surface area contributed by atoms with Crippen molar-refractivity contribution >= 4 is 6.09 Å². The maximum atomic E-state index is 10.6. The Bertz CT molecular complexity index is 378. The maximum absolute atomic E-state index is 10.6. The second kappa shape index (κ2) is 5.25. The molecule has 0 fully saturated rings. The lowest BCUT2D eigenvalue weighted by molar-refractivity contribution is 0.156. The summed E-state index contributed by atoms with van der Waals surface area (Å²) in [6, 6.07) is 4.98. The summed E-state index contributed by atoms with van der Waals surface area (Å²) < 4.78 is 4.96. The van der Waals surface area contributed by atoms with Gasteiger partial charge in [-0.05, 0) is 24.1 Å². The molecule has 0 saturated carbocycles. The lowest BCUT2D eigenvalue weighted by Gasteiger charge is -2.13. The van der Waals surface area contributed by atoms with Crippen molar-refractivity contribution in [2.45, 2.75) is 6.42 Å². The molecule has 1 amide bonds. The van der Waals surface area contributed by atoms with Crippen LogP contribution in [-0.2, 0) is 6.42 Å². The van der Waals surface area contributed by atoms with Crippen molar-refractivity contribution in [3.63, 3.8) is 0 Å². The summed E-state index contributed by atoms with van der Waals surface area (Å²) in [5, 5.41) is 18.0. The zero-order chi connectivity index (χ0) is 12.1. The Kier molecular flexibility index (Phi) is 3.99. The quantitative estimate of drug-likeness (QED) is 0.815. The van der Waals surface area contributed by atoms with E-state index in [0.29, 0.717) is 18.7 Å². The first-order chi connectivity index (χ1) is 7.54. The van der Waals surface area contributed by atoms with Crippen LogP contribution in [0.4, 0.5) is 4.79 Å². The van der Waals surface area contributed by atoms with Crippen LogP contribution >= 0.6 is 0 Å². The summed E-state index contributed by atoms with van der Waals surface area (Å²) in [5.41, 5.74) is 0.919. The van der Waals surface area contributed by atoms with Crippen LogP contribution in [0.5, 0.6) is 11.5 Å². The van der Waals surface area contributed by atoms with E-state index in [1.54, 1.807) is 12.1 Å². The molecule has 88 valence electrons. The molecular weight excluding hydrogens is 210 g/mol. The molecule has 0 radical (unpaired) electrons. The normalized spacial score (nSPS) is 9.88. The number of ether oxygens (including phenoxy) is 1. The zero-order valence-corrected chi connectivity index (χ0v) is 9.30. The third kappa shape index (κ3) is 3.05. The number of rotatable bonds is 4. The fourth-order valence-corrected chi connectivity index (χ4v) is 1.27. The van der Waals surface area contributed by atoms with E-state index < -0.39 is 6.09 Å². The molecule has 0 saturated heterocycles. The maximum Gasteiger partial charge on any atom is 0.407 e. The Labute approximate surface area is 93.9 Å². The van der Waals surface area contributed by atoms with Crippen LogP contribution in [0.2, 0.25) is 0 Å². The molecule has 0 heterocycles. The summed E-state index contributed by atoms with van der Waals surface area (Å²) in [7, 11) is 2.99. The molecule has 0 unspecified atom stereocenters. The van der Waals surface area contributed by atoms with Gasteiger partial charge in [-0.15, -0.1) is 0 Å². The van der Waals surface area contributed by atoms with Crippen molar-refractivity contribution in [2.24, 2.45) is 0 Å². The Hall–Kier alpha value is -1.91. The van der Waals surface area contributed by atoms with Crippen LogP contribution < -0.4 is 4.74 Å². The largest absolute Gasteiger partial charge is 0.504 e. The van der Waals surface area contributed by atoms with Gasteiger partial charge < -0.3 is 19.8 Å². The Morgan fingerprint density at radius 2 is 2.19 bits per heavy atom. The molecule has 0 spiro atoms. The highest BCUT2D eigenvalue weighted by Crippen LogP contribution is 2.26. The number of methoxy groups -OCH3 is 1. The Morgan fingerprint density at radius 3 is 2.75 bits per heavy atom. The molecular formula is C11H15NO4. The molecule has 5 nitrogen and oxygen atoms in total. The van der Waals surface area contributed by atoms with Crippen LogP contribution in [0, 0.1) is 0 Å². The van der Waals surface area contributed by atoms with E-state index in [1.165, 1.54) is 25.1 Å². The first-order valence-corrected chi connectivity index (χ1v) is 4.84. The highest BCUT2D eigenvalue weighted by atomic mass is 16.5. The minimum atomic E-state index is -0.953. The van der Waals surface area contributed by atoms with Crippen molar-refractivity contribution in [1.82, 2.24) is 4.90 Å². The van der Waals surface area contributed by atoms with E-state index in [4.69, 9.17) is 9.84 Å². The first kappa shape index (κ1) is 12.2. The van der Waals surface area contributed by atoms with Gasteiger partial charge in [0.15, 0.2) is 11.5 Å². The van der Waals surface area contributed by atoms with E-state index in [0.717, 1.165) is 5.56 Å². The third-order valence-corrected chi connectivity index (χ3v) is 2.31. The van der Waals surface area contributed by atoms with Gasteiger partial charge in [-0.2, -0.15) is 0 Å². The second-order valence-electron chi connectivity index (χ2n) is 3.46. The van der Waals surface area contributed by atoms with Gasteiger partial charge in [0, 0.05) is 13.6 Å². The lowest BCUT2D eigenvalue weighted by atomic mass is 10.1. The number of carboxylic acid groups (broad SMARTS) is 1. The van der Waals surface area contributed by atoms with Crippen molar-refractivity contribution in [3.8, 4) is 11.5 Å². The van der Waals surface area contributed by atoms with Gasteiger partial charge in [-0.25, -0.2) is 4.79 Å². The predicted octanol–water partition coefficient (Wildman–Crippen LogP) is 1.55. The number of hydrogen-bond acceptors (Lipinski definition) is 3. The molecule has 0 atom stereocenters. The number of nitrogens with zero attached hydrogens (tertiary/aromatic N) is 1. The lowest BCUT2D eigenvalue weighted by Crippen LogP contribution is -2.26. The number of amides is 1. The third-order valence-electron chi connectivity index (χ3n) is 2.31. The van der Waals surface area contributed by atoms with Crippen LogP contribution in [0.15, 0.2) is 18.2 Å². The van der Waals surface area contributed by atoms with E-state index in [-0.39, 0.29) is 5.75 Å². The zero-order valence-electron chi connectivity index (χ0n) is 9.30. The number of likely N-dealkylation sites (N-methyl/N-ethyl adjacent to an activating group) is 1. The van der Waals surface area contributed by atoms with Gasteiger partial charge in [-0.3, -0.25) is 0 Å². The minimum Gasteiger partial charge on any atom is -0.504 e. The summed E-state index contributed by atoms with van der Waals surface area (Å²) >= 11 is 0. The highest BCUT2D eigenvalue weighted by molar-refractivity contribution is 5.64. The average Bonchev–Trinajstić information content (AvgIpc) is 2.27. The number of phenolic OH excluding ortho intramolecular Hbond substituents is 1. The van der Waals surface area contributed by atoms with Gasteiger partial charge in [0.05, 0.1) is 7.11 Å². The van der Waals surface area contributed by atoms with Crippen molar-refractivity contribution in [3.05, 3.63) is 23.8 Å². The van der Waals surface area contributed by atoms with Crippen LogP contribution in [0.1, 0.15) is 5.56 Å². The standard InChI is InChI=1S/C11H15NO4/c1-12(11(14)15)6-5-8-3-4-9(13)10(7-8)16-2/h3-4,7,13H,5-6H2,1-2H3,(H,14,15). The van der Waals surface area contributed by atoms with Crippen LogP contribution in [-0.4, -0.2) is 41.9 Å². The summed E-state index contributed by atoms with van der Waals surface area (Å²) in [5.74, 6) is 0.480. The smallest absolute Gasteiger partial charge is 0.407 e. The van der Waals surface area contributed by atoms with Crippen LogP contribution in [0.25, 0.3) is 0 Å². The van der Waals surface area contributed by atoms with Crippen molar-refractivity contribution in [1.29, 1.82) is 0 Å². The van der Waals surface area contributed by atoms with E-state index in [1.807, 2.05) is 0 Å². The Balaban J connectivity index is 2.64. The molecule has 16 heavy (non-hydrogen) atoms. The molecule has 0 bridgehead atoms. The molecule has 5 heteroatoms.